The maximum absolute atomic E-state index is 4.68. The first-order chi connectivity index (χ1) is 9.04. The minimum atomic E-state index is 1.09. The monoisotopic (exact) mass is 261 g/mol. The summed E-state index contributed by atoms with van der Waals surface area (Å²) in [6, 6.07) is 0. The van der Waals surface area contributed by atoms with E-state index < -0.39 is 0 Å². The lowest BCUT2D eigenvalue weighted by atomic mass is 10.1. The molecule has 0 unspecified atom stereocenters. The van der Waals surface area contributed by atoms with E-state index >= 15 is 0 Å². The molecule has 0 rings (SSSR count). The van der Waals surface area contributed by atoms with Crippen LogP contribution >= 0.6 is 0 Å². The van der Waals surface area contributed by atoms with Crippen LogP contribution in [0.15, 0.2) is 40.1 Å². The van der Waals surface area contributed by atoms with Crippen molar-refractivity contribution in [2.24, 2.45) is 4.99 Å². The SMILES string of the molecule is C/C=C\C(=C/CCCC(C)=N/C(C)=C(\C)CC)CC. The Morgan fingerprint density at radius 1 is 1.05 bits per heavy atom. The van der Waals surface area contributed by atoms with Crippen molar-refractivity contribution in [3.8, 4) is 0 Å². The number of unbranched alkanes of at least 4 members (excludes halogenated alkanes) is 1. The molecule has 0 spiro atoms. The van der Waals surface area contributed by atoms with Gasteiger partial charge in [-0.2, -0.15) is 0 Å². The van der Waals surface area contributed by atoms with E-state index in [4.69, 9.17) is 0 Å². The second kappa shape index (κ2) is 10.8. The highest BCUT2D eigenvalue weighted by molar-refractivity contribution is 5.82. The van der Waals surface area contributed by atoms with Crippen molar-refractivity contribution in [1.29, 1.82) is 0 Å². The third-order valence-corrected chi connectivity index (χ3v) is 3.44. The van der Waals surface area contributed by atoms with E-state index in [2.05, 4.69) is 64.8 Å². The molecule has 0 N–H and O–H groups in total. The Bertz CT molecular complexity index is 367. The molecule has 0 amide bonds. The summed E-state index contributed by atoms with van der Waals surface area (Å²) < 4.78 is 0. The van der Waals surface area contributed by atoms with Crippen LogP contribution in [-0.2, 0) is 0 Å². The number of aliphatic imine (C=N–C) groups is 1. The number of rotatable bonds is 8. The second-order valence-electron chi connectivity index (χ2n) is 5.09. The van der Waals surface area contributed by atoms with Gasteiger partial charge in [-0.05, 0) is 59.8 Å². The molecule has 0 saturated heterocycles. The van der Waals surface area contributed by atoms with E-state index in [-0.39, 0.29) is 0 Å². The highest BCUT2D eigenvalue weighted by Crippen LogP contribution is 2.11. The summed E-state index contributed by atoms with van der Waals surface area (Å²) in [6.45, 7) is 12.9. The highest BCUT2D eigenvalue weighted by atomic mass is 14.7. The zero-order chi connectivity index (χ0) is 14.7. The highest BCUT2D eigenvalue weighted by Gasteiger charge is 1.96. The molecule has 108 valence electrons. The van der Waals surface area contributed by atoms with Crippen molar-refractivity contribution >= 4 is 5.71 Å². The topological polar surface area (TPSA) is 12.4 Å². The Balaban J connectivity index is 4.25. The van der Waals surface area contributed by atoms with Gasteiger partial charge in [0.25, 0.3) is 0 Å². The summed E-state index contributed by atoms with van der Waals surface area (Å²) in [5, 5.41) is 0. The first-order valence-electron chi connectivity index (χ1n) is 7.57. The Hall–Kier alpha value is -1.11. The maximum Gasteiger partial charge on any atom is 0.0361 e. The van der Waals surface area contributed by atoms with Gasteiger partial charge in [0.05, 0.1) is 0 Å². The maximum atomic E-state index is 4.68. The Kier molecular flexibility index (Phi) is 10.1. The fraction of sp³-hybridized carbons (Fsp3) is 0.611. The van der Waals surface area contributed by atoms with Crippen LogP contribution in [0.2, 0.25) is 0 Å². The number of hydrogen-bond acceptors (Lipinski definition) is 1. The second-order valence-corrected chi connectivity index (χ2v) is 5.09. The average molecular weight is 261 g/mol. The third kappa shape index (κ3) is 8.58. The largest absolute Gasteiger partial charge is 0.263 e. The minimum absolute atomic E-state index is 1.09. The third-order valence-electron chi connectivity index (χ3n) is 3.44. The van der Waals surface area contributed by atoms with Crippen LogP contribution in [0.1, 0.15) is 73.6 Å². The molecule has 0 radical (unpaired) electrons. The lowest BCUT2D eigenvalue weighted by molar-refractivity contribution is 0.878. The summed E-state index contributed by atoms with van der Waals surface area (Å²) in [5.41, 5.74) is 5.28. The zero-order valence-electron chi connectivity index (χ0n) is 13.7. The number of allylic oxidation sites excluding steroid dienone is 6. The van der Waals surface area contributed by atoms with E-state index in [1.165, 1.54) is 29.0 Å². The number of hydrogen-bond donors (Lipinski definition) is 0. The van der Waals surface area contributed by atoms with Crippen LogP contribution in [0.25, 0.3) is 0 Å². The molecule has 0 aliphatic carbocycles. The molecule has 1 heteroatoms. The van der Waals surface area contributed by atoms with Gasteiger partial charge >= 0.3 is 0 Å². The molecule has 0 bridgehead atoms. The normalized spacial score (nSPS) is 15.1. The Labute approximate surface area is 120 Å². The van der Waals surface area contributed by atoms with Gasteiger partial charge in [0.2, 0.25) is 0 Å². The van der Waals surface area contributed by atoms with E-state index in [0.29, 0.717) is 0 Å². The van der Waals surface area contributed by atoms with Crippen molar-refractivity contribution in [1.82, 2.24) is 0 Å². The molecule has 0 atom stereocenters. The van der Waals surface area contributed by atoms with Gasteiger partial charge < -0.3 is 0 Å². The van der Waals surface area contributed by atoms with Gasteiger partial charge in [-0.25, -0.2) is 0 Å². The van der Waals surface area contributed by atoms with Gasteiger partial charge in [0.15, 0.2) is 0 Å². The van der Waals surface area contributed by atoms with E-state index in [9.17, 15) is 0 Å². The van der Waals surface area contributed by atoms with Crippen LogP contribution in [0, 0.1) is 0 Å². The lowest BCUT2D eigenvalue weighted by Gasteiger charge is -2.03. The first-order valence-corrected chi connectivity index (χ1v) is 7.57. The van der Waals surface area contributed by atoms with Crippen LogP contribution in [0.3, 0.4) is 0 Å². The van der Waals surface area contributed by atoms with E-state index in [1.54, 1.807) is 0 Å². The summed E-state index contributed by atoms with van der Waals surface area (Å²) in [5.74, 6) is 0. The first kappa shape index (κ1) is 17.9. The van der Waals surface area contributed by atoms with Crippen LogP contribution in [0.4, 0.5) is 0 Å². The predicted octanol–water partition coefficient (Wildman–Crippen LogP) is 6.23. The number of nitrogens with zero attached hydrogens (tertiary/aromatic N) is 1. The summed E-state index contributed by atoms with van der Waals surface area (Å²) in [7, 11) is 0. The standard InChI is InChI=1S/C18H31N/c1-7-12-18(9-3)14-11-10-13-16(5)19-17(6)15(4)8-2/h7,12,14H,8-11,13H2,1-6H3/b12-7-,17-15+,18-14-,19-16?. The van der Waals surface area contributed by atoms with E-state index in [1.807, 2.05) is 0 Å². The fourth-order valence-electron chi connectivity index (χ4n) is 1.88. The molecule has 0 aliphatic heterocycles. The molecule has 0 aromatic rings. The van der Waals surface area contributed by atoms with Gasteiger partial charge in [-0.15, -0.1) is 0 Å². The van der Waals surface area contributed by atoms with Gasteiger partial charge in [0, 0.05) is 11.4 Å². The quantitative estimate of drug-likeness (QED) is 0.279. The fourth-order valence-corrected chi connectivity index (χ4v) is 1.88. The predicted molar refractivity (Wildman–Crippen MR) is 88.8 cm³/mol. The van der Waals surface area contributed by atoms with Crippen molar-refractivity contribution in [3.05, 3.63) is 35.1 Å². The van der Waals surface area contributed by atoms with Crippen molar-refractivity contribution in [3.63, 3.8) is 0 Å². The van der Waals surface area contributed by atoms with Crippen LogP contribution in [0.5, 0.6) is 0 Å². The van der Waals surface area contributed by atoms with Gasteiger partial charge in [-0.1, -0.05) is 43.2 Å². The minimum Gasteiger partial charge on any atom is -0.263 e. The molecule has 0 saturated carbocycles. The Morgan fingerprint density at radius 2 is 1.74 bits per heavy atom. The lowest BCUT2D eigenvalue weighted by Crippen LogP contribution is -1.93. The molecule has 0 aromatic heterocycles. The summed E-state index contributed by atoms with van der Waals surface area (Å²) in [4.78, 5) is 4.68. The van der Waals surface area contributed by atoms with Crippen molar-refractivity contribution in [2.75, 3.05) is 0 Å². The van der Waals surface area contributed by atoms with Crippen LogP contribution in [-0.4, -0.2) is 5.71 Å². The van der Waals surface area contributed by atoms with Crippen molar-refractivity contribution < 1.29 is 0 Å². The summed E-state index contributed by atoms with van der Waals surface area (Å²) in [6.07, 6.45) is 12.3. The van der Waals surface area contributed by atoms with E-state index in [0.717, 1.165) is 25.7 Å². The molecule has 0 heterocycles. The van der Waals surface area contributed by atoms with Gasteiger partial charge in [0.1, 0.15) is 0 Å². The van der Waals surface area contributed by atoms with Gasteiger partial charge in [-0.3, -0.25) is 4.99 Å². The zero-order valence-corrected chi connectivity index (χ0v) is 13.7. The molecule has 0 fully saturated rings. The van der Waals surface area contributed by atoms with Crippen LogP contribution < -0.4 is 0 Å². The molecule has 1 nitrogen and oxygen atoms in total. The molecule has 0 aliphatic rings. The molecule has 0 aromatic carbocycles. The average Bonchev–Trinajstić information content (AvgIpc) is 2.41. The van der Waals surface area contributed by atoms with Crippen molar-refractivity contribution in [2.45, 2.75) is 73.6 Å². The molecular formula is C18H31N. The smallest absolute Gasteiger partial charge is 0.0361 e. The molecule has 19 heavy (non-hydrogen) atoms. The Morgan fingerprint density at radius 3 is 2.26 bits per heavy atom. The molecular weight excluding hydrogens is 230 g/mol. The summed E-state index contributed by atoms with van der Waals surface area (Å²) >= 11 is 0.